The van der Waals surface area contributed by atoms with E-state index in [-0.39, 0.29) is 11.9 Å². The molecule has 0 saturated carbocycles. The first-order valence-corrected chi connectivity index (χ1v) is 8.95. The summed E-state index contributed by atoms with van der Waals surface area (Å²) in [6.45, 7) is 0.738. The Kier molecular flexibility index (Phi) is 4.42. The van der Waals surface area contributed by atoms with Crippen LogP contribution in [0.15, 0.2) is 30.7 Å². The van der Waals surface area contributed by atoms with Crippen molar-refractivity contribution in [1.29, 1.82) is 0 Å². The van der Waals surface area contributed by atoms with Crippen LogP contribution >= 0.6 is 23.2 Å². The van der Waals surface area contributed by atoms with Crippen molar-refractivity contribution in [2.75, 3.05) is 16.8 Å². The third kappa shape index (κ3) is 2.97. The number of fused-ring (bicyclic) bond motifs is 1. The maximum Gasteiger partial charge on any atom is 0.247 e. The van der Waals surface area contributed by atoms with Gasteiger partial charge in [0, 0.05) is 18.6 Å². The van der Waals surface area contributed by atoms with Gasteiger partial charge in [-0.15, -0.1) is 0 Å². The minimum absolute atomic E-state index is 0.137. The van der Waals surface area contributed by atoms with Gasteiger partial charge in [0.25, 0.3) is 0 Å². The summed E-state index contributed by atoms with van der Waals surface area (Å²) in [7, 11) is 1.83. The highest BCUT2D eigenvalue weighted by atomic mass is 35.5. The van der Waals surface area contributed by atoms with Gasteiger partial charge in [0.05, 0.1) is 22.3 Å². The lowest BCUT2D eigenvalue weighted by molar-refractivity contribution is -0.117. The molecule has 2 aromatic heterocycles. The van der Waals surface area contributed by atoms with E-state index in [2.05, 4.69) is 20.4 Å². The summed E-state index contributed by atoms with van der Waals surface area (Å²) in [4.78, 5) is 23.6. The monoisotopic (exact) mass is 390 g/mol. The van der Waals surface area contributed by atoms with E-state index < -0.39 is 0 Å². The largest absolute Gasteiger partial charge is 0.344 e. The molecular weight excluding hydrogens is 375 g/mol. The van der Waals surface area contributed by atoms with E-state index in [0.29, 0.717) is 15.7 Å². The first-order chi connectivity index (χ1) is 12.5. The van der Waals surface area contributed by atoms with Crippen molar-refractivity contribution in [3.8, 4) is 0 Å². The number of carbonyl (C=O) groups is 1. The van der Waals surface area contributed by atoms with Crippen LogP contribution < -0.4 is 10.2 Å². The number of halogens is 2. The molecule has 1 N–H and O–H groups in total. The van der Waals surface area contributed by atoms with E-state index >= 15 is 0 Å². The van der Waals surface area contributed by atoms with Crippen molar-refractivity contribution >= 4 is 51.6 Å². The Morgan fingerprint density at radius 2 is 2.15 bits per heavy atom. The molecule has 26 heavy (non-hydrogen) atoms. The number of rotatable bonds is 3. The van der Waals surface area contributed by atoms with Crippen LogP contribution in [0.5, 0.6) is 0 Å². The Bertz CT molecular complexity index is 989. The number of anilines is 2. The summed E-state index contributed by atoms with van der Waals surface area (Å²) >= 11 is 12.2. The van der Waals surface area contributed by atoms with Crippen LogP contribution in [-0.2, 0) is 11.8 Å². The van der Waals surface area contributed by atoms with Crippen LogP contribution in [0.3, 0.4) is 0 Å². The summed E-state index contributed by atoms with van der Waals surface area (Å²) in [5, 5.41) is 8.92. The lowest BCUT2D eigenvalue weighted by Crippen LogP contribution is -2.40. The van der Waals surface area contributed by atoms with Crippen molar-refractivity contribution in [3.05, 3.63) is 40.8 Å². The number of hydrogen-bond donors (Lipinski definition) is 1. The predicted octanol–water partition coefficient (Wildman–Crippen LogP) is 3.28. The van der Waals surface area contributed by atoms with Crippen LogP contribution in [0.1, 0.15) is 12.8 Å². The highest BCUT2D eigenvalue weighted by Gasteiger charge is 2.33. The smallest absolute Gasteiger partial charge is 0.247 e. The van der Waals surface area contributed by atoms with Gasteiger partial charge in [0.1, 0.15) is 18.2 Å². The Morgan fingerprint density at radius 1 is 1.31 bits per heavy atom. The average molecular weight is 391 g/mol. The molecule has 1 aliphatic rings. The SMILES string of the molecule is Cn1ncc2c(N3CCC[C@H]3C(=O)Nc3cc(Cl)ccc3Cl)ncnc21. The molecule has 0 unspecified atom stereocenters. The molecule has 134 valence electrons. The van der Waals surface area contributed by atoms with E-state index in [1.165, 1.54) is 6.33 Å². The lowest BCUT2D eigenvalue weighted by Gasteiger charge is -2.25. The number of aromatic nitrogens is 4. The standard InChI is InChI=1S/C17H16Cl2N6O/c1-24-15-11(8-22-24)16(21-9-20-15)25-6-2-3-14(25)17(26)23-13-7-10(18)4-5-12(13)19/h4-5,7-9,14H,2-3,6H2,1H3,(H,23,26)/t14-/m0/s1. The van der Waals surface area contributed by atoms with E-state index in [4.69, 9.17) is 23.2 Å². The second-order valence-electron chi connectivity index (χ2n) is 6.17. The molecule has 9 heteroatoms. The van der Waals surface area contributed by atoms with Gasteiger partial charge in [0.2, 0.25) is 5.91 Å². The summed E-state index contributed by atoms with van der Waals surface area (Å²) in [5.41, 5.74) is 1.24. The predicted molar refractivity (Wildman–Crippen MR) is 102 cm³/mol. The van der Waals surface area contributed by atoms with E-state index in [0.717, 1.165) is 36.2 Å². The van der Waals surface area contributed by atoms with Crippen molar-refractivity contribution < 1.29 is 4.79 Å². The van der Waals surface area contributed by atoms with E-state index in [1.54, 1.807) is 29.1 Å². The minimum Gasteiger partial charge on any atom is -0.344 e. The van der Waals surface area contributed by atoms with Crippen molar-refractivity contribution in [2.24, 2.45) is 7.05 Å². The van der Waals surface area contributed by atoms with Crippen LogP contribution in [0.4, 0.5) is 11.5 Å². The zero-order chi connectivity index (χ0) is 18.3. The molecule has 1 aromatic carbocycles. The number of nitrogens with zero attached hydrogens (tertiary/aromatic N) is 5. The van der Waals surface area contributed by atoms with Crippen LogP contribution in [0.2, 0.25) is 10.0 Å². The number of amides is 1. The molecular formula is C17H16Cl2N6O. The molecule has 4 rings (SSSR count). The van der Waals surface area contributed by atoms with Crippen LogP contribution in [0, 0.1) is 0 Å². The van der Waals surface area contributed by atoms with Crippen molar-refractivity contribution in [2.45, 2.75) is 18.9 Å². The topological polar surface area (TPSA) is 75.9 Å². The number of hydrogen-bond acceptors (Lipinski definition) is 5. The lowest BCUT2D eigenvalue weighted by atomic mass is 10.2. The number of carbonyl (C=O) groups excluding carboxylic acids is 1. The summed E-state index contributed by atoms with van der Waals surface area (Å²) < 4.78 is 1.69. The maximum absolute atomic E-state index is 12.9. The number of benzene rings is 1. The molecule has 1 aliphatic heterocycles. The highest BCUT2D eigenvalue weighted by Crippen LogP contribution is 2.31. The third-order valence-corrected chi connectivity index (χ3v) is 5.09. The number of aryl methyl sites for hydroxylation is 1. The minimum atomic E-state index is -0.344. The molecule has 7 nitrogen and oxygen atoms in total. The van der Waals surface area contributed by atoms with Gasteiger partial charge in [-0.3, -0.25) is 9.48 Å². The fraction of sp³-hybridized carbons (Fsp3) is 0.294. The average Bonchev–Trinajstić information content (AvgIpc) is 3.25. The van der Waals surface area contributed by atoms with Gasteiger partial charge in [-0.25, -0.2) is 9.97 Å². The van der Waals surface area contributed by atoms with Gasteiger partial charge in [-0.1, -0.05) is 23.2 Å². The second-order valence-corrected chi connectivity index (χ2v) is 7.01. The maximum atomic E-state index is 12.9. The Balaban J connectivity index is 1.63. The Hall–Kier alpha value is -2.38. The van der Waals surface area contributed by atoms with Crippen LogP contribution in [-0.4, -0.2) is 38.2 Å². The van der Waals surface area contributed by atoms with Gasteiger partial charge in [0.15, 0.2) is 5.65 Å². The first kappa shape index (κ1) is 17.1. The van der Waals surface area contributed by atoms with Gasteiger partial charge >= 0.3 is 0 Å². The van der Waals surface area contributed by atoms with E-state index in [1.807, 2.05) is 11.9 Å². The molecule has 3 heterocycles. The summed E-state index contributed by atoms with van der Waals surface area (Å²) in [5.74, 6) is 0.584. The summed E-state index contributed by atoms with van der Waals surface area (Å²) in [6.07, 6.45) is 4.86. The second kappa shape index (κ2) is 6.74. The molecule has 0 bridgehead atoms. The van der Waals surface area contributed by atoms with Gasteiger partial charge in [-0.2, -0.15) is 5.10 Å². The first-order valence-electron chi connectivity index (χ1n) is 8.20. The molecule has 1 fully saturated rings. The molecule has 0 radical (unpaired) electrons. The Morgan fingerprint density at radius 3 is 3.00 bits per heavy atom. The fourth-order valence-electron chi connectivity index (χ4n) is 3.28. The zero-order valence-corrected chi connectivity index (χ0v) is 15.5. The molecule has 1 saturated heterocycles. The Labute approximate surface area is 159 Å². The van der Waals surface area contributed by atoms with Crippen LogP contribution in [0.25, 0.3) is 11.0 Å². The van der Waals surface area contributed by atoms with Crippen molar-refractivity contribution in [3.63, 3.8) is 0 Å². The quantitative estimate of drug-likeness (QED) is 0.742. The number of nitrogens with one attached hydrogen (secondary N) is 1. The molecule has 0 aliphatic carbocycles. The highest BCUT2D eigenvalue weighted by molar-refractivity contribution is 6.35. The molecule has 0 spiro atoms. The molecule has 1 amide bonds. The van der Waals surface area contributed by atoms with E-state index in [9.17, 15) is 4.79 Å². The fourth-order valence-corrected chi connectivity index (χ4v) is 3.62. The van der Waals surface area contributed by atoms with Gasteiger partial charge < -0.3 is 10.2 Å². The molecule has 3 aromatic rings. The zero-order valence-electron chi connectivity index (χ0n) is 14.0. The normalized spacial score (nSPS) is 17.0. The van der Waals surface area contributed by atoms with Crippen molar-refractivity contribution in [1.82, 2.24) is 19.7 Å². The van der Waals surface area contributed by atoms with Gasteiger partial charge in [-0.05, 0) is 31.0 Å². The summed E-state index contributed by atoms with van der Waals surface area (Å²) in [6, 6.07) is 4.64. The third-order valence-electron chi connectivity index (χ3n) is 4.52. The molecule has 1 atom stereocenters.